The molecule has 0 heterocycles. The molecular weight excluding hydrogens is 180 g/mol. The standard InChI is InChI=1S/C5H12N4O2S/c1-4(3-12-2)7-5(6)8-9(10)11/h4H,3H2,1-2H3,(H3,6,7,8). The van der Waals surface area contributed by atoms with Gasteiger partial charge in [-0.15, -0.1) is 0 Å². The summed E-state index contributed by atoms with van der Waals surface area (Å²) in [6, 6.07) is -0.00699. The fourth-order valence-electron chi connectivity index (χ4n) is 0.638. The minimum atomic E-state index is -0.732. The Bertz CT molecular complexity index is 184. The molecule has 0 aromatic carbocycles. The lowest BCUT2D eigenvalue weighted by Crippen LogP contribution is -2.37. The van der Waals surface area contributed by atoms with Crippen LogP contribution in [0, 0.1) is 10.1 Å². The van der Waals surface area contributed by atoms with Crippen LogP contribution in [-0.4, -0.2) is 29.0 Å². The minimum Gasteiger partial charge on any atom is -0.365 e. The molecule has 0 rings (SSSR count). The maximum Gasteiger partial charge on any atom is 0.251 e. The smallest absolute Gasteiger partial charge is 0.251 e. The van der Waals surface area contributed by atoms with E-state index in [1.165, 1.54) is 0 Å². The topological polar surface area (TPSA) is 93.5 Å². The summed E-state index contributed by atoms with van der Waals surface area (Å²) in [4.78, 5) is 13.7. The second-order valence-corrected chi connectivity index (χ2v) is 3.10. The fraction of sp³-hybridized carbons (Fsp3) is 0.800. The molecule has 0 bridgehead atoms. The van der Waals surface area contributed by atoms with Crippen LogP contribution in [0.4, 0.5) is 0 Å². The Labute approximate surface area is 74.7 Å². The normalized spacial score (nSPS) is 14.0. The first-order chi connectivity index (χ1) is 5.56. The third kappa shape index (κ3) is 5.78. The first-order valence-electron chi connectivity index (χ1n) is 3.29. The maximum absolute atomic E-state index is 9.88. The van der Waals surface area contributed by atoms with Crippen LogP contribution < -0.4 is 11.2 Å². The number of nitrogens with one attached hydrogen (secondary N) is 1. The Balaban J connectivity index is 3.88. The van der Waals surface area contributed by atoms with E-state index in [2.05, 4.69) is 4.99 Å². The van der Waals surface area contributed by atoms with Gasteiger partial charge in [0.1, 0.15) is 0 Å². The summed E-state index contributed by atoms with van der Waals surface area (Å²) < 4.78 is 0. The number of nitrogens with zero attached hydrogens (tertiary/aromatic N) is 2. The van der Waals surface area contributed by atoms with Gasteiger partial charge in [0, 0.05) is 5.75 Å². The van der Waals surface area contributed by atoms with Gasteiger partial charge in [-0.1, -0.05) is 5.43 Å². The highest BCUT2D eigenvalue weighted by Crippen LogP contribution is 1.99. The minimum absolute atomic E-state index is 0.00699. The Morgan fingerprint density at radius 3 is 2.92 bits per heavy atom. The van der Waals surface area contributed by atoms with Crippen molar-refractivity contribution in [2.24, 2.45) is 10.7 Å². The quantitative estimate of drug-likeness (QED) is 0.279. The average Bonchev–Trinajstić information content (AvgIpc) is 1.84. The lowest BCUT2D eigenvalue weighted by atomic mass is 10.4. The molecule has 0 saturated carbocycles. The second kappa shape index (κ2) is 5.64. The van der Waals surface area contributed by atoms with Crippen LogP contribution in [0.3, 0.4) is 0 Å². The van der Waals surface area contributed by atoms with E-state index in [1.54, 1.807) is 17.2 Å². The second-order valence-electron chi connectivity index (χ2n) is 2.19. The zero-order valence-corrected chi connectivity index (χ0v) is 7.80. The summed E-state index contributed by atoms with van der Waals surface area (Å²) in [5.41, 5.74) is 6.97. The molecule has 0 saturated heterocycles. The van der Waals surface area contributed by atoms with Crippen molar-refractivity contribution in [3.63, 3.8) is 0 Å². The number of hydrogen-bond donors (Lipinski definition) is 2. The summed E-state index contributed by atoms with van der Waals surface area (Å²) in [5, 5.41) is 9.15. The molecule has 1 unspecified atom stereocenters. The molecule has 1 atom stereocenters. The van der Waals surface area contributed by atoms with Crippen molar-refractivity contribution in [1.82, 2.24) is 5.43 Å². The zero-order valence-electron chi connectivity index (χ0n) is 6.98. The maximum atomic E-state index is 9.88. The number of nitrogens with two attached hydrogens (primary N) is 1. The molecule has 7 heteroatoms. The van der Waals surface area contributed by atoms with Gasteiger partial charge in [-0.25, -0.2) is 15.1 Å². The monoisotopic (exact) mass is 192 g/mol. The van der Waals surface area contributed by atoms with Gasteiger partial charge in [-0.2, -0.15) is 11.8 Å². The molecule has 6 nitrogen and oxygen atoms in total. The molecule has 3 N–H and O–H groups in total. The predicted octanol–water partition coefficient (Wildman–Crippen LogP) is -0.166. The van der Waals surface area contributed by atoms with Gasteiger partial charge >= 0.3 is 0 Å². The van der Waals surface area contributed by atoms with E-state index in [4.69, 9.17) is 5.73 Å². The summed E-state index contributed by atoms with van der Waals surface area (Å²) >= 11 is 1.61. The number of guanidine groups is 1. The summed E-state index contributed by atoms with van der Waals surface area (Å²) in [5.74, 6) is 0.640. The van der Waals surface area contributed by atoms with Gasteiger partial charge in [0.05, 0.1) is 6.04 Å². The zero-order chi connectivity index (χ0) is 9.56. The van der Waals surface area contributed by atoms with Crippen LogP contribution in [0.25, 0.3) is 0 Å². The predicted molar refractivity (Wildman–Crippen MR) is 49.6 cm³/mol. The van der Waals surface area contributed by atoms with Crippen molar-refractivity contribution >= 4 is 17.7 Å². The van der Waals surface area contributed by atoms with E-state index in [-0.39, 0.29) is 12.0 Å². The SMILES string of the molecule is CSCC(C)N=C(N)N[N+](=O)[O-]. The molecule has 0 aliphatic rings. The van der Waals surface area contributed by atoms with Crippen LogP contribution in [0.5, 0.6) is 0 Å². The number of hydrazine groups is 1. The molecule has 70 valence electrons. The third-order valence-corrected chi connectivity index (χ3v) is 1.79. The molecule has 0 aromatic heterocycles. The van der Waals surface area contributed by atoms with E-state index in [9.17, 15) is 10.1 Å². The van der Waals surface area contributed by atoms with Crippen LogP contribution in [-0.2, 0) is 0 Å². The van der Waals surface area contributed by atoms with Crippen molar-refractivity contribution in [3.05, 3.63) is 10.1 Å². The fourth-order valence-corrected chi connectivity index (χ4v) is 1.20. The molecular formula is C5H12N4O2S. The van der Waals surface area contributed by atoms with Gasteiger partial charge in [-0.3, -0.25) is 0 Å². The Morgan fingerprint density at radius 2 is 2.50 bits per heavy atom. The number of rotatable bonds is 4. The van der Waals surface area contributed by atoms with Crippen molar-refractivity contribution in [1.29, 1.82) is 0 Å². The highest BCUT2D eigenvalue weighted by Gasteiger charge is 2.02. The van der Waals surface area contributed by atoms with E-state index < -0.39 is 5.03 Å². The highest BCUT2D eigenvalue weighted by atomic mass is 32.2. The average molecular weight is 192 g/mol. The molecule has 0 aromatic rings. The Morgan fingerprint density at radius 1 is 1.92 bits per heavy atom. The first-order valence-corrected chi connectivity index (χ1v) is 4.69. The van der Waals surface area contributed by atoms with Crippen LogP contribution >= 0.6 is 11.8 Å². The molecule has 12 heavy (non-hydrogen) atoms. The van der Waals surface area contributed by atoms with Crippen LogP contribution in [0.2, 0.25) is 0 Å². The lowest BCUT2D eigenvalue weighted by molar-refractivity contribution is -0.525. The highest BCUT2D eigenvalue weighted by molar-refractivity contribution is 7.98. The molecule has 0 amide bonds. The number of thioether (sulfide) groups is 1. The largest absolute Gasteiger partial charge is 0.365 e. The van der Waals surface area contributed by atoms with Crippen molar-refractivity contribution in [2.75, 3.05) is 12.0 Å². The van der Waals surface area contributed by atoms with Crippen LogP contribution in [0.15, 0.2) is 4.99 Å². The Kier molecular flexibility index (Phi) is 5.18. The van der Waals surface area contributed by atoms with Crippen molar-refractivity contribution in [3.8, 4) is 0 Å². The van der Waals surface area contributed by atoms with E-state index >= 15 is 0 Å². The van der Waals surface area contributed by atoms with E-state index in [0.29, 0.717) is 0 Å². The molecule has 0 aliphatic carbocycles. The van der Waals surface area contributed by atoms with E-state index in [1.807, 2.05) is 13.2 Å². The lowest BCUT2D eigenvalue weighted by Gasteiger charge is -2.03. The molecule has 0 fully saturated rings. The van der Waals surface area contributed by atoms with Crippen molar-refractivity contribution < 1.29 is 5.03 Å². The number of aliphatic imine (C=N–C) groups is 1. The van der Waals surface area contributed by atoms with Gasteiger partial charge in [0.2, 0.25) is 0 Å². The third-order valence-electron chi connectivity index (χ3n) is 0.973. The first kappa shape index (κ1) is 11.0. The van der Waals surface area contributed by atoms with Crippen LogP contribution in [0.1, 0.15) is 6.92 Å². The molecule has 0 aliphatic heterocycles. The van der Waals surface area contributed by atoms with Gasteiger partial charge in [0.15, 0.2) is 5.03 Å². The summed E-state index contributed by atoms with van der Waals surface area (Å²) in [7, 11) is 0. The number of hydrogen-bond acceptors (Lipinski definition) is 4. The van der Waals surface area contributed by atoms with Crippen molar-refractivity contribution in [2.45, 2.75) is 13.0 Å². The van der Waals surface area contributed by atoms with Gasteiger partial charge < -0.3 is 5.73 Å². The van der Waals surface area contributed by atoms with Gasteiger partial charge in [-0.05, 0) is 13.2 Å². The molecule has 0 radical (unpaired) electrons. The Hall–Kier alpha value is -0.980. The summed E-state index contributed by atoms with van der Waals surface area (Å²) in [6.45, 7) is 1.84. The summed E-state index contributed by atoms with van der Waals surface area (Å²) in [6.07, 6.45) is 1.93. The van der Waals surface area contributed by atoms with Gasteiger partial charge in [0.25, 0.3) is 5.96 Å². The number of nitro groups is 1. The molecule has 0 spiro atoms. The van der Waals surface area contributed by atoms with E-state index in [0.717, 1.165) is 5.75 Å².